The number of hydrogen-bond donors (Lipinski definition) is 1. The molecule has 2 atom stereocenters. The number of rotatable bonds is 3. The number of carbonyl (C=O) groups excluding carboxylic acids is 1. The lowest BCUT2D eigenvalue weighted by molar-refractivity contribution is 0.0526. The second-order valence-electron chi connectivity index (χ2n) is 4.90. The van der Waals surface area contributed by atoms with E-state index in [0.29, 0.717) is 12.2 Å². The number of hydrogen-bond acceptors (Lipinski definition) is 5. The molecule has 1 aliphatic rings. The summed E-state index contributed by atoms with van der Waals surface area (Å²) in [5.41, 5.74) is 0.468. The molecule has 0 radical (unpaired) electrons. The average molecular weight is 264 g/mol. The van der Waals surface area contributed by atoms with Crippen LogP contribution in [0.4, 0.5) is 5.82 Å². The highest BCUT2D eigenvalue weighted by molar-refractivity contribution is 5.89. The van der Waals surface area contributed by atoms with E-state index in [4.69, 9.17) is 4.74 Å². The van der Waals surface area contributed by atoms with Gasteiger partial charge in [0.15, 0.2) is 0 Å². The van der Waals surface area contributed by atoms with E-state index in [1.165, 1.54) is 0 Å². The van der Waals surface area contributed by atoms with Gasteiger partial charge in [-0.15, -0.1) is 0 Å². The van der Waals surface area contributed by atoms with Crippen molar-refractivity contribution in [2.45, 2.75) is 26.4 Å². The van der Waals surface area contributed by atoms with Crippen molar-refractivity contribution in [1.29, 1.82) is 0 Å². The highest BCUT2D eigenvalue weighted by Crippen LogP contribution is 2.21. The molecule has 1 aromatic rings. The number of aliphatic hydroxyl groups excluding tert-OH is 1. The van der Waals surface area contributed by atoms with E-state index < -0.39 is 0 Å². The van der Waals surface area contributed by atoms with Gasteiger partial charge >= 0.3 is 5.97 Å². The summed E-state index contributed by atoms with van der Waals surface area (Å²) in [5, 5.41) is 9.71. The van der Waals surface area contributed by atoms with Gasteiger partial charge < -0.3 is 14.7 Å². The first kappa shape index (κ1) is 13.8. The number of esters is 1. The Labute approximate surface area is 113 Å². The molecule has 1 saturated heterocycles. The SMILES string of the molecule is CCOC(=O)c1ccc(N2CCC(O)C(C)C2)nc1. The first-order valence-electron chi connectivity index (χ1n) is 6.68. The van der Waals surface area contributed by atoms with E-state index in [9.17, 15) is 9.90 Å². The van der Waals surface area contributed by atoms with Crippen LogP contribution in [0.25, 0.3) is 0 Å². The standard InChI is InChI=1S/C14H20N2O3/c1-3-19-14(18)11-4-5-13(15-8-11)16-7-6-12(17)10(2)9-16/h4-5,8,10,12,17H,3,6-7,9H2,1-2H3. The van der Waals surface area contributed by atoms with Crippen LogP contribution in [-0.2, 0) is 4.74 Å². The molecule has 0 amide bonds. The number of piperidine rings is 1. The first-order valence-corrected chi connectivity index (χ1v) is 6.68. The number of nitrogens with zero attached hydrogens (tertiary/aromatic N) is 2. The van der Waals surface area contributed by atoms with Gasteiger partial charge in [-0.05, 0) is 31.4 Å². The van der Waals surface area contributed by atoms with Gasteiger partial charge in [0, 0.05) is 19.3 Å². The van der Waals surface area contributed by atoms with E-state index in [0.717, 1.165) is 25.3 Å². The molecular weight excluding hydrogens is 244 g/mol. The third kappa shape index (κ3) is 3.23. The third-order valence-corrected chi connectivity index (χ3v) is 3.44. The van der Waals surface area contributed by atoms with Crippen LogP contribution in [0.1, 0.15) is 30.6 Å². The number of aliphatic hydroxyl groups is 1. The van der Waals surface area contributed by atoms with Gasteiger partial charge in [0.05, 0.1) is 18.3 Å². The smallest absolute Gasteiger partial charge is 0.339 e. The summed E-state index contributed by atoms with van der Waals surface area (Å²) in [6.07, 6.45) is 2.07. The Hall–Kier alpha value is -1.62. The van der Waals surface area contributed by atoms with Crippen LogP contribution in [-0.4, -0.2) is 41.9 Å². The van der Waals surface area contributed by atoms with Crippen LogP contribution in [0.5, 0.6) is 0 Å². The van der Waals surface area contributed by atoms with E-state index >= 15 is 0 Å². The maximum Gasteiger partial charge on any atom is 0.339 e. The molecule has 19 heavy (non-hydrogen) atoms. The molecule has 5 nitrogen and oxygen atoms in total. The fourth-order valence-electron chi connectivity index (χ4n) is 2.25. The van der Waals surface area contributed by atoms with Gasteiger partial charge in [-0.1, -0.05) is 6.92 Å². The summed E-state index contributed by atoms with van der Waals surface area (Å²) in [5.74, 6) is 0.732. The summed E-state index contributed by atoms with van der Waals surface area (Å²) < 4.78 is 4.92. The molecule has 2 rings (SSSR count). The Morgan fingerprint density at radius 1 is 1.58 bits per heavy atom. The average Bonchev–Trinajstić information content (AvgIpc) is 2.42. The van der Waals surface area contributed by atoms with E-state index in [2.05, 4.69) is 9.88 Å². The fourth-order valence-corrected chi connectivity index (χ4v) is 2.25. The second kappa shape index (κ2) is 6.02. The second-order valence-corrected chi connectivity index (χ2v) is 4.90. The Morgan fingerprint density at radius 3 is 2.95 bits per heavy atom. The van der Waals surface area contributed by atoms with Crippen molar-refractivity contribution in [2.24, 2.45) is 5.92 Å². The van der Waals surface area contributed by atoms with Crippen LogP contribution < -0.4 is 4.90 Å². The van der Waals surface area contributed by atoms with Crippen molar-refractivity contribution < 1.29 is 14.6 Å². The molecule has 0 aromatic carbocycles. The number of anilines is 1. The molecule has 2 unspecified atom stereocenters. The molecular formula is C14H20N2O3. The maximum atomic E-state index is 11.5. The quantitative estimate of drug-likeness (QED) is 0.838. The Kier molecular flexibility index (Phi) is 4.37. The summed E-state index contributed by atoms with van der Waals surface area (Å²) in [4.78, 5) is 18.0. The normalized spacial score (nSPS) is 23.2. The van der Waals surface area contributed by atoms with Crippen LogP contribution in [0.3, 0.4) is 0 Å². The van der Waals surface area contributed by atoms with Crippen molar-refractivity contribution in [2.75, 3.05) is 24.6 Å². The summed E-state index contributed by atoms with van der Waals surface area (Å²) in [6, 6.07) is 3.56. The van der Waals surface area contributed by atoms with Crippen molar-refractivity contribution >= 4 is 11.8 Å². The lowest BCUT2D eigenvalue weighted by atomic mass is 9.97. The summed E-state index contributed by atoms with van der Waals surface area (Å²) >= 11 is 0. The van der Waals surface area contributed by atoms with Crippen LogP contribution in [0.2, 0.25) is 0 Å². The van der Waals surface area contributed by atoms with E-state index in [1.807, 2.05) is 13.0 Å². The molecule has 1 aliphatic heterocycles. The fraction of sp³-hybridized carbons (Fsp3) is 0.571. The zero-order valence-corrected chi connectivity index (χ0v) is 11.4. The van der Waals surface area contributed by atoms with Crippen LogP contribution in [0.15, 0.2) is 18.3 Å². The highest BCUT2D eigenvalue weighted by atomic mass is 16.5. The van der Waals surface area contributed by atoms with Crippen molar-refractivity contribution in [1.82, 2.24) is 4.98 Å². The van der Waals surface area contributed by atoms with Crippen molar-refractivity contribution in [3.63, 3.8) is 0 Å². The van der Waals surface area contributed by atoms with Gasteiger partial charge in [0.25, 0.3) is 0 Å². The van der Waals surface area contributed by atoms with Crippen molar-refractivity contribution in [3.05, 3.63) is 23.9 Å². The van der Waals surface area contributed by atoms with Gasteiger partial charge in [0.1, 0.15) is 5.82 Å². The summed E-state index contributed by atoms with van der Waals surface area (Å²) in [7, 11) is 0. The molecule has 1 N–H and O–H groups in total. The first-order chi connectivity index (χ1) is 9.11. The molecule has 0 saturated carbocycles. The molecule has 0 aliphatic carbocycles. The number of carbonyl (C=O) groups is 1. The zero-order chi connectivity index (χ0) is 13.8. The number of aromatic nitrogens is 1. The van der Waals surface area contributed by atoms with Crippen LogP contribution >= 0.6 is 0 Å². The minimum Gasteiger partial charge on any atom is -0.462 e. The van der Waals surface area contributed by atoms with E-state index in [1.54, 1.807) is 19.2 Å². The Balaban J connectivity index is 2.04. The molecule has 1 aromatic heterocycles. The minimum absolute atomic E-state index is 0.227. The van der Waals surface area contributed by atoms with Gasteiger partial charge in [-0.3, -0.25) is 0 Å². The lowest BCUT2D eigenvalue weighted by Gasteiger charge is -2.35. The molecule has 0 bridgehead atoms. The molecule has 2 heterocycles. The minimum atomic E-state index is -0.344. The monoisotopic (exact) mass is 264 g/mol. The summed E-state index contributed by atoms with van der Waals surface area (Å²) in [6.45, 7) is 5.75. The van der Waals surface area contributed by atoms with Crippen molar-refractivity contribution in [3.8, 4) is 0 Å². The largest absolute Gasteiger partial charge is 0.462 e. The zero-order valence-electron chi connectivity index (χ0n) is 11.4. The van der Waals surface area contributed by atoms with Gasteiger partial charge in [-0.25, -0.2) is 9.78 Å². The maximum absolute atomic E-state index is 11.5. The van der Waals surface area contributed by atoms with Gasteiger partial charge in [-0.2, -0.15) is 0 Å². The topological polar surface area (TPSA) is 62.7 Å². The molecule has 5 heteroatoms. The Bertz CT molecular complexity index is 433. The predicted molar refractivity (Wildman–Crippen MR) is 72.2 cm³/mol. The molecule has 1 fully saturated rings. The number of pyridine rings is 1. The molecule has 104 valence electrons. The predicted octanol–water partition coefficient (Wildman–Crippen LogP) is 1.47. The van der Waals surface area contributed by atoms with Crippen LogP contribution in [0, 0.1) is 5.92 Å². The van der Waals surface area contributed by atoms with E-state index in [-0.39, 0.29) is 18.0 Å². The number of ether oxygens (including phenoxy) is 1. The van der Waals surface area contributed by atoms with Gasteiger partial charge in [0.2, 0.25) is 0 Å². The molecule has 0 spiro atoms. The highest BCUT2D eigenvalue weighted by Gasteiger charge is 2.24. The lowest BCUT2D eigenvalue weighted by Crippen LogP contribution is -2.42. The third-order valence-electron chi connectivity index (χ3n) is 3.44. The Morgan fingerprint density at radius 2 is 2.37 bits per heavy atom.